The number of ether oxygens (including phenoxy) is 1. The fourth-order valence-electron chi connectivity index (χ4n) is 4.56. The predicted molar refractivity (Wildman–Crippen MR) is 144 cm³/mol. The van der Waals surface area contributed by atoms with Crippen molar-refractivity contribution in [2.45, 2.75) is 32.6 Å². The Hall–Kier alpha value is -4.12. The molecule has 5 nitrogen and oxygen atoms in total. The number of pyridine rings is 1. The predicted octanol–water partition coefficient (Wildman–Crippen LogP) is 6.83. The third-order valence-corrected chi connectivity index (χ3v) is 6.40. The topological polar surface area (TPSA) is 63.2 Å². The van der Waals surface area contributed by atoms with Gasteiger partial charge >= 0.3 is 0 Å². The number of carbonyl (C=O) groups excluding carboxylic acids is 1. The summed E-state index contributed by atoms with van der Waals surface area (Å²) in [4.78, 5) is 17.6. The summed E-state index contributed by atoms with van der Waals surface area (Å²) in [5.41, 5.74) is 8.18. The number of methoxy groups -OCH3 is 1. The fourth-order valence-corrected chi connectivity index (χ4v) is 4.56. The Labute approximate surface area is 205 Å². The molecule has 0 radical (unpaired) electrons. The summed E-state index contributed by atoms with van der Waals surface area (Å²) in [5.74, 6) is 0.614. The van der Waals surface area contributed by atoms with Crippen molar-refractivity contribution < 1.29 is 9.53 Å². The van der Waals surface area contributed by atoms with Crippen LogP contribution in [0.1, 0.15) is 35.2 Å². The normalized spacial score (nSPS) is 13.0. The molecule has 0 unspecified atom stereocenters. The largest absolute Gasteiger partial charge is 0.495 e. The van der Waals surface area contributed by atoms with Gasteiger partial charge in [-0.15, -0.1) is 0 Å². The first-order valence-electron chi connectivity index (χ1n) is 12.0. The standard InChI is InChI=1S/C30H29N3O2/c1-20-11-13-21(14-12-20)15-18-29(34)31-22-16-17-26-24(19-22)30(23-7-3-4-8-25(23)32-26)33-27-9-5-6-10-28(27)35-2/h5-6,9-19H,3-4,7-8H2,1-2H3,(H,31,34)(H,32,33)/b18-15+. The van der Waals surface area contributed by atoms with E-state index in [0.717, 1.165) is 70.7 Å². The van der Waals surface area contributed by atoms with E-state index in [4.69, 9.17) is 9.72 Å². The van der Waals surface area contributed by atoms with E-state index in [1.54, 1.807) is 13.2 Å². The maximum Gasteiger partial charge on any atom is 0.248 e. The fraction of sp³-hybridized carbons (Fsp3) is 0.200. The molecular formula is C30H29N3O2. The van der Waals surface area contributed by atoms with Crippen molar-refractivity contribution in [3.8, 4) is 5.75 Å². The number of nitrogens with zero attached hydrogens (tertiary/aromatic N) is 1. The number of fused-ring (bicyclic) bond motifs is 2. The van der Waals surface area contributed by atoms with Crippen molar-refractivity contribution in [1.29, 1.82) is 0 Å². The Balaban J connectivity index is 1.49. The van der Waals surface area contributed by atoms with E-state index in [9.17, 15) is 4.79 Å². The molecule has 35 heavy (non-hydrogen) atoms. The van der Waals surface area contributed by atoms with Crippen molar-refractivity contribution in [3.05, 3.63) is 95.2 Å². The van der Waals surface area contributed by atoms with Crippen LogP contribution < -0.4 is 15.4 Å². The van der Waals surface area contributed by atoms with E-state index in [1.165, 1.54) is 11.1 Å². The lowest BCUT2D eigenvalue weighted by Gasteiger charge is -2.22. The van der Waals surface area contributed by atoms with Crippen LogP contribution in [0.3, 0.4) is 0 Å². The van der Waals surface area contributed by atoms with E-state index in [0.29, 0.717) is 0 Å². The molecule has 3 aromatic carbocycles. The van der Waals surface area contributed by atoms with Crippen molar-refractivity contribution in [1.82, 2.24) is 4.98 Å². The smallest absolute Gasteiger partial charge is 0.248 e. The molecular weight excluding hydrogens is 434 g/mol. The Kier molecular flexibility index (Phi) is 6.49. The van der Waals surface area contributed by atoms with E-state index in [1.807, 2.05) is 79.7 Å². The number of hydrogen-bond donors (Lipinski definition) is 2. The van der Waals surface area contributed by atoms with Gasteiger partial charge < -0.3 is 15.4 Å². The van der Waals surface area contributed by atoms with Gasteiger partial charge in [0.25, 0.3) is 0 Å². The van der Waals surface area contributed by atoms with Crippen LogP contribution in [-0.4, -0.2) is 18.0 Å². The van der Waals surface area contributed by atoms with Crippen molar-refractivity contribution in [2.75, 3.05) is 17.7 Å². The second-order valence-electron chi connectivity index (χ2n) is 8.91. The van der Waals surface area contributed by atoms with Gasteiger partial charge in [-0.05, 0) is 80.1 Å². The number of aromatic nitrogens is 1. The number of hydrogen-bond acceptors (Lipinski definition) is 4. The summed E-state index contributed by atoms with van der Waals surface area (Å²) in [6.45, 7) is 2.04. The highest BCUT2D eigenvalue weighted by atomic mass is 16.5. The number of anilines is 3. The summed E-state index contributed by atoms with van der Waals surface area (Å²) in [5, 5.41) is 7.62. The van der Waals surface area contributed by atoms with E-state index < -0.39 is 0 Å². The first-order valence-corrected chi connectivity index (χ1v) is 12.0. The van der Waals surface area contributed by atoms with Crippen LogP contribution in [0.2, 0.25) is 0 Å². The molecule has 1 aliphatic carbocycles. The first-order chi connectivity index (χ1) is 17.1. The molecule has 176 valence electrons. The molecule has 0 atom stereocenters. The van der Waals surface area contributed by atoms with Gasteiger partial charge in [0.05, 0.1) is 24.0 Å². The average Bonchev–Trinajstić information content (AvgIpc) is 2.89. The molecule has 1 heterocycles. The molecule has 0 spiro atoms. The van der Waals surface area contributed by atoms with Crippen molar-refractivity contribution >= 4 is 39.9 Å². The number of benzene rings is 3. The van der Waals surface area contributed by atoms with Crippen LogP contribution >= 0.6 is 0 Å². The van der Waals surface area contributed by atoms with Crippen LogP contribution in [0.4, 0.5) is 17.1 Å². The Morgan fingerprint density at radius 3 is 2.63 bits per heavy atom. The van der Waals surface area contributed by atoms with Gasteiger partial charge in [0.1, 0.15) is 5.75 Å². The minimum absolute atomic E-state index is 0.171. The Morgan fingerprint density at radius 2 is 1.80 bits per heavy atom. The van der Waals surface area contributed by atoms with Crippen LogP contribution in [0.5, 0.6) is 5.75 Å². The summed E-state index contributed by atoms with van der Waals surface area (Å²) in [7, 11) is 1.68. The quantitative estimate of drug-likeness (QED) is 0.308. The average molecular weight is 464 g/mol. The summed E-state index contributed by atoms with van der Waals surface area (Å²) in [6.07, 6.45) is 7.64. The molecule has 2 N–H and O–H groups in total. The highest BCUT2D eigenvalue weighted by molar-refractivity contribution is 6.04. The van der Waals surface area contributed by atoms with Crippen LogP contribution in [-0.2, 0) is 17.6 Å². The molecule has 5 rings (SSSR count). The Morgan fingerprint density at radius 1 is 1.00 bits per heavy atom. The van der Waals surface area contributed by atoms with E-state index in [2.05, 4.69) is 10.6 Å². The van der Waals surface area contributed by atoms with Gasteiger partial charge in [0.2, 0.25) is 5.91 Å². The van der Waals surface area contributed by atoms with Gasteiger partial charge in [-0.1, -0.05) is 42.0 Å². The highest BCUT2D eigenvalue weighted by Gasteiger charge is 2.19. The molecule has 1 aliphatic rings. The third kappa shape index (κ3) is 5.04. The lowest BCUT2D eigenvalue weighted by atomic mass is 9.92. The molecule has 4 aromatic rings. The number of aryl methyl sites for hydroxylation is 2. The van der Waals surface area contributed by atoms with Crippen LogP contribution in [0.15, 0.2) is 72.8 Å². The summed E-state index contributed by atoms with van der Waals surface area (Å²) in [6, 6.07) is 21.9. The van der Waals surface area contributed by atoms with Gasteiger partial charge in [0.15, 0.2) is 0 Å². The molecule has 5 heteroatoms. The highest BCUT2D eigenvalue weighted by Crippen LogP contribution is 2.38. The molecule has 0 bridgehead atoms. The number of amides is 1. The minimum Gasteiger partial charge on any atom is -0.495 e. The van der Waals surface area contributed by atoms with Crippen LogP contribution in [0, 0.1) is 6.92 Å². The van der Waals surface area contributed by atoms with Gasteiger partial charge in [-0.3, -0.25) is 9.78 Å². The lowest BCUT2D eigenvalue weighted by molar-refractivity contribution is -0.111. The van der Waals surface area contributed by atoms with Crippen LogP contribution in [0.25, 0.3) is 17.0 Å². The second kappa shape index (κ2) is 10.0. The monoisotopic (exact) mass is 463 g/mol. The zero-order chi connectivity index (χ0) is 24.2. The van der Waals surface area contributed by atoms with Gasteiger partial charge in [0, 0.05) is 22.8 Å². The zero-order valence-corrected chi connectivity index (χ0v) is 20.1. The molecule has 1 amide bonds. The number of para-hydroxylation sites is 2. The first kappa shape index (κ1) is 22.7. The SMILES string of the molecule is COc1ccccc1Nc1c2c(nc3ccc(NC(=O)/C=C/c4ccc(C)cc4)cc13)CCCC2. The van der Waals surface area contributed by atoms with E-state index >= 15 is 0 Å². The summed E-state index contributed by atoms with van der Waals surface area (Å²) < 4.78 is 5.58. The minimum atomic E-state index is -0.171. The molecule has 0 saturated carbocycles. The van der Waals surface area contributed by atoms with Gasteiger partial charge in [-0.2, -0.15) is 0 Å². The van der Waals surface area contributed by atoms with Crippen molar-refractivity contribution in [2.24, 2.45) is 0 Å². The lowest BCUT2D eigenvalue weighted by Crippen LogP contribution is -2.11. The Bertz CT molecular complexity index is 1410. The van der Waals surface area contributed by atoms with E-state index in [-0.39, 0.29) is 5.91 Å². The molecule has 0 aliphatic heterocycles. The number of nitrogens with one attached hydrogen (secondary N) is 2. The molecule has 1 aromatic heterocycles. The maximum absolute atomic E-state index is 12.6. The number of carbonyl (C=O) groups is 1. The second-order valence-corrected chi connectivity index (χ2v) is 8.91. The van der Waals surface area contributed by atoms with Crippen molar-refractivity contribution in [3.63, 3.8) is 0 Å². The summed E-state index contributed by atoms with van der Waals surface area (Å²) >= 11 is 0. The maximum atomic E-state index is 12.6. The third-order valence-electron chi connectivity index (χ3n) is 6.40. The number of rotatable bonds is 6. The molecule has 0 fully saturated rings. The van der Waals surface area contributed by atoms with Gasteiger partial charge in [-0.25, -0.2) is 0 Å². The molecule has 0 saturated heterocycles. The zero-order valence-electron chi connectivity index (χ0n) is 20.1.